The van der Waals surface area contributed by atoms with E-state index in [-0.39, 0.29) is 17.7 Å². The molecule has 2 aromatic heterocycles. The number of fused-ring (bicyclic) bond motifs is 1. The Balaban J connectivity index is 2.10. The molecular weight excluding hydrogens is 278 g/mol. The Bertz CT molecular complexity index is 669. The molecular formula is C12H15N5O4. The van der Waals surface area contributed by atoms with Crippen LogP contribution in [0.2, 0.25) is 0 Å². The third kappa shape index (κ3) is 3.25. The molecule has 2 heterocycles. The van der Waals surface area contributed by atoms with Gasteiger partial charge in [0.25, 0.3) is 0 Å². The second kappa shape index (κ2) is 6.16. The van der Waals surface area contributed by atoms with Crippen LogP contribution in [0.1, 0.15) is 13.8 Å². The van der Waals surface area contributed by atoms with Crippen molar-refractivity contribution in [3.05, 3.63) is 28.4 Å². The van der Waals surface area contributed by atoms with Crippen LogP contribution in [0.3, 0.4) is 0 Å². The minimum atomic E-state index is -0.558. The van der Waals surface area contributed by atoms with Crippen LogP contribution in [0.15, 0.2) is 18.3 Å². The normalized spacial score (nSPS) is 12.1. The Morgan fingerprint density at radius 1 is 1.57 bits per heavy atom. The van der Waals surface area contributed by atoms with Gasteiger partial charge in [-0.05, 0) is 17.9 Å². The summed E-state index contributed by atoms with van der Waals surface area (Å²) < 4.78 is 6.03. The van der Waals surface area contributed by atoms with Gasteiger partial charge < -0.3 is 20.2 Å². The largest absolute Gasteiger partial charge is 0.466 e. The van der Waals surface area contributed by atoms with E-state index in [0.717, 1.165) is 10.7 Å². The molecule has 0 aliphatic carbocycles. The monoisotopic (exact) mass is 293 g/mol. The lowest BCUT2D eigenvalue weighted by atomic mass is 10.2. The maximum atomic E-state index is 11.5. The van der Waals surface area contributed by atoms with Crippen LogP contribution >= 0.6 is 0 Å². The number of rotatable bonds is 6. The second-order valence-electron chi connectivity index (χ2n) is 4.40. The number of anilines is 1. The molecule has 2 rings (SSSR count). The lowest BCUT2D eigenvalue weighted by Gasteiger charge is -2.11. The number of nitro groups is 1. The van der Waals surface area contributed by atoms with Crippen LogP contribution in [0.4, 0.5) is 11.6 Å². The number of carbonyl (C=O) groups excluding carboxylic acids is 1. The molecule has 0 saturated carbocycles. The van der Waals surface area contributed by atoms with Gasteiger partial charge in [-0.3, -0.25) is 4.79 Å². The van der Waals surface area contributed by atoms with Crippen LogP contribution in [-0.2, 0) is 9.53 Å². The van der Waals surface area contributed by atoms with Gasteiger partial charge in [0.1, 0.15) is 6.20 Å². The van der Waals surface area contributed by atoms with Gasteiger partial charge in [0.05, 0.1) is 12.5 Å². The van der Waals surface area contributed by atoms with Gasteiger partial charge in [0.2, 0.25) is 5.65 Å². The Morgan fingerprint density at radius 2 is 2.33 bits per heavy atom. The van der Waals surface area contributed by atoms with Crippen molar-refractivity contribution in [1.29, 1.82) is 0 Å². The molecule has 0 spiro atoms. The van der Waals surface area contributed by atoms with Crippen LogP contribution in [0.25, 0.3) is 5.65 Å². The molecule has 9 nitrogen and oxygen atoms in total. The van der Waals surface area contributed by atoms with Crippen LogP contribution in [0.5, 0.6) is 0 Å². The summed E-state index contributed by atoms with van der Waals surface area (Å²) in [6, 6.07) is 3.25. The fraction of sp³-hybridized carbons (Fsp3) is 0.417. The van der Waals surface area contributed by atoms with Crippen molar-refractivity contribution in [2.45, 2.75) is 13.8 Å². The smallest absolute Gasteiger partial charge is 0.368 e. The fourth-order valence-electron chi connectivity index (χ4n) is 1.71. The molecule has 0 saturated heterocycles. The predicted molar refractivity (Wildman–Crippen MR) is 73.9 cm³/mol. The Morgan fingerprint density at radius 3 is 3.00 bits per heavy atom. The first-order valence-electron chi connectivity index (χ1n) is 6.42. The van der Waals surface area contributed by atoms with E-state index in [4.69, 9.17) is 4.74 Å². The Kier molecular flexibility index (Phi) is 4.31. The zero-order valence-corrected chi connectivity index (χ0v) is 11.6. The number of hydrogen-bond acceptors (Lipinski definition) is 7. The second-order valence-corrected chi connectivity index (χ2v) is 4.40. The molecule has 1 atom stereocenters. The number of esters is 1. The molecule has 112 valence electrons. The average Bonchev–Trinajstić information content (AvgIpc) is 2.88. The summed E-state index contributed by atoms with van der Waals surface area (Å²) in [5, 5.41) is 17.9. The van der Waals surface area contributed by atoms with E-state index in [2.05, 4.69) is 15.4 Å². The van der Waals surface area contributed by atoms with Crippen LogP contribution in [-0.4, -0.2) is 38.6 Å². The van der Waals surface area contributed by atoms with E-state index in [0.29, 0.717) is 24.6 Å². The average molecular weight is 293 g/mol. The topological polar surface area (TPSA) is 112 Å². The number of nitrogens with zero attached hydrogens (tertiary/aromatic N) is 4. The molecule has 1 unspecified atom stereocenters. The molecule has 2 aromatic rings. The quantitative estimate of drug-likeness (QED) is 0.484. The zero-order chi connectivity index (χ0) is 15.4. The van der Waals surface area contributed by atoms with Gasteiger partial charge in [-0.2, -0.15) is 0 Å². The number of aromatic nitrogens is 3. The van der Waals surface area contributed by atoms with Crippen molar-refractivity contribution < 1.29 is 14.5 Å². The van der Waals surface area contributed by atoms with E-state index in [1.54, 1.807) is 26.0 Å². The molecule has 0 bridgehead atoms. The van der Waals surface area contributed by atoms with Crippen molar-refractivity contribution in [3.8, 4) is 0 Å². The van der Waals surface area contributed by atoms with E-state index in [1.165, 1.54) is 0 Å². The Labute approximate surface area is 120 Å². The molecule has 9 heteroatoms. The molecule has 0 aromatic carbocycles. The van der Waals surface area contributed by atoms with Crippen molar-refractivity contribution in [2.24, 2.45) is 5.92 Å². The molecule has 0 amide bonds. The molecule has 0 radical (unpaired) electrons. The van der Waals surface area contributed by atoms with Crippen molar-refractivity contribution in [2.75, 3.05) is 18.5 Å². The molecule has 0 aliphatic rings. The van der Waals surface area contributed by atoms with E-state index in [1.807, 2.05) is 0 Å². The number of nitrogens with one attached hydrogen (secondary N) is 1. The van der Waals surface area contributed by atoms with E-state index < -0.39 is 4.92 Å². The first-order chi connectivity index (χ1) is 10.0. The van der Waals surface area contributed by atoms with Gasteiger partial charge in [0, 0.05) is 12.6 Å². The number of hydrogen-bond donors (Lipinski definition) is 1. The fourth-order valence-corrected chi connectivity index (χ4v) is 1.71. The highest BCUT2D eigenvalue weighted by Crippen LogP contribution is 2.15. The van der Waals surface area contributed by atoms with Gasteiger partial charge in [-0.1, -0.05) is 16.5 Å². The Hall–Kier alpha value is -2.71. The van der Waals surface area contributed by atoms with E-state index >= 15 is 0 Å². The summed E-state index contributed by atoms with van der Waals surface area (Å²) in [7, 11) is 0. The summed E-state index contributed by atoms with van der Waals surface area (Å²) in [4.78, 5) is 25.7. The van der Waals surface area contributed by atoms with E-state index in [9.17, 15) is 14.9 Å². The summed E-state index contributed by atoms with van der Waals surface area (Å²) >= 11 is 0. The van der Waals surface area contributed by atoms with Crippen LogP contribution < -0.4 is 5.32 Å². The van der Waals surface area contributed by atoms with Crippen molar-refractivity contribution in [3.63, 3.8) is 0 Å². The van der Waals surface area contributed by atoms with Crippen molar-refractivity contribution in [1.82, 2.24) is 14.6 Å². The third-order valence-electron chi connectivity index (χ3n) is 2.81. The minimum absolute atomic E-state index is 0.216. The summed E-state index contributed by atoms with van der Waals surface area (Å²) in [5.41, 5.74) is 0.380. The van der Waals surface area contributed by atoms with Crippen molar-refractivity contribution >= 4 is 23.3 Å². The summed E-state index contributed by atoms with van der Waals surface area (Å²) in [6.45, 7) is 4.11. The first kappa shape index (κ1) is 14.7. The highest BCUT2D eigenvalue weighted by molar-refractivity contribution is 5.72. The third-order valence-corrected chi connectivity index (χ3v) is 2.81. The minimum Gasteiger partial charge on any atom is -0.466 e. The first-order valence-corrected chi connectivity index (χ1v) is 6.42. The highest BCUT2D eigenvalue weighted by Gasteiger charge is 2.17. The molecule has 1 N–H and O–H groups in total. The maximum absolute atomic E-state index is 11.5. The number of ether oxygens (including phenoxy) is 1. The maximum Gasteiger partial charge on any atom is 0.368 e. The summed E-state index contributed by atoms with van der Waals surface area (Å²) in [6.07, 6.45) is 1.15. The van der Waals surface area contributed by atoms with Gasteiger partial charge >= 0.3 is 11.8 Å². The SMILES string of the molecule is CCOC(=O)C(C)CNc1ccc2ncc([N+](=O)[O-])n2n1. The standard InChI is InChI=1S/C12H15N5O4/c1-3-21-12(18)8(2)6-13-9-4-5-10-14-7-11(17(19)20)16(10)15-9/h4-5,7-8H,3,6H2,1-2H3,(H,13,15). The zero-order valence-electron chi connectivity index (χ0n) is 11.6. The molecule has 21 heavy (non-hydrogen) atoms. The van der Waals surface area contributed by atoms with Crippen LogP contribution in [0, 0.1) is 16.0 Å². The number of imidazole rings is 1. The lowest BCUT2D eigenvalue weighted by molar-refractivity contribution is -0.391. The molecule has 0 aliphatic heterocycles. The number of carbonyl (C=O) groups is 1. The van der Waals surface area contributed by atoms with Gasteiger partial charge in [-0.15, -0.1) is 0 Å². The van der Waals surface area contributed by atoms with Gasteiger partial charge in [-0.25, -0.2) is 4.98 Å². The van der Waals surface area contributed by atoms with Gasteiger partial charge in [0.15, 0.2) is 5.82 Å². The lowest BCUT2D eigenvalue weighted by Crippen LogP contribution is -2.23. The predicted octanol–water partition coefficient (Wildman–Crippen LogP) is 1.25. The summed E-state index contributed by atoms with van der Waals surface area (Å²) in [5.74, 6) is -0.452. The molecule has 0 fully saturated rings. The highest BCUT2D eigenvalue weighted by atomic mass is 16.6.